The highest BCUT2D eigenvalue weighted by Gasteiger charge is 2.28. The molecule has 1 aliphatic heterocycles. The van der Waals surface area contributed by atoms with Gasteiger partial charge in [-0.2, -0.15) is 0 Å². The molecule has 94 valence electrons. The summed E-state index contributed by atoms with van der Waals surface area (Å²) in [5, 5.41) is 3.24. The first-order valence-electron chi connectivity index (χ1n) is 6.07. The van der Waals surface area contributed by atoms with Crippen molar-refractivity contribution in [3.63, 3.8) is 0 Å². The fourth-order valence-corrected chi connectivity index (χ4v) is 1.84. The van der Waals surface area contributed by atoms with Crippen LogP contribution in [0.4, 0.5) is 0 Å². The molecular weight excluding hydrogens is 204 g/mol. The molecule has 1 heterocycles. The molecule has 0 radical (unpaired) electrons. The van der Waals surface area contributed by atoms with Crippen LogP contribution < -0.4 is 5.32 Å². The van der Waals surface area contributed by atoms with Gasteiger partial charge < -0.3 is 15.0 Å². The van der Waals surface area contributed by atoms with Gasteiger partial charge in [-0.25, -0.2) is 0 Å². The van der Waals surface area contributed by atoms with E-state index in [-0.39, 0.29) is 17.6 Å². The second kappa shape index (κ2) is 5.64. The largest absolute Gasteiger partial charge is 0.379 e. The van der Waals surface area contributed by atoms with Gasteiger partial charge in [-0.1, -0.05) is 6.92 Å². The Morgan fingerprint density at radius 1 is 1.56 bits per heavy atom. The number of hydrogen-bond donors (Lipinski definition) is 1. The van der Waals surface area contributed by atoms with Gasteiger partial charge in [-0.3, -0.25) is 4.79 Å². The minimum atomic E-state index is -0.146. The third-order valence-corrected chi connectivity index (χ3v) is 3.33. The van der Waals surface area contributed by atoms with Gasteiger partial charge in [0.15, 0.2) is 0 Å². The molecule has 4 heteroatoms. The molecule has 0 aromatic carbocycles. The Morgan fingerprint density at radius 3 is 2.81 bits per heavy atom. The van der Waals surface area contributed by atoms with Gasteiger partial charge in [0, 0.05) is 26.7 Å². The fourth-order valence-electron chi connectivity index (χ4n) is 1.84. The molecule has 0 saturated carbocycles. The van der Waals surface area contributed by atoms with Crippen LogP contribution >= 0.6 is 0 Å². The smallest absolute Gasteiger partial charge is 0.239 e. The summed E-state index contributed by atoms with van der Waals surface area (Å²) in [5.41, 5.74) is -0.146. The zero-order valence-corrected chi connectivity index (χ0v) is 10.9. The average molecular weight is 228 g/mol. The topological polar surface area (TPSA) is 41.6 Å². The van der Waals surface area contributed by atoms with Crippen LogP contribution in [0.1, 0.15) is 33.6 Å². The summed E-state index contributed by atoms with van der Waals surface area (Å²) in [6.45, 7) is 8.65. The number of rotatable bonds is 5. The fraction of sp³-hybridized carbons (Fsp3) is 0.917. The lowest BCUT2D eigenvalue weighted by atomic mass is 10.0. The summed E-state index contributed by atoms with van der Waals surface area (Å²) in [6, 6.07) is 0.0133. The van der Waals surface area contributed by atoms with Crippen molar-refractivity contribution in [2.24, 2.45) is 0 Å². The number of carbonyl (C=O) groups is 1. The first kappa shape index (κ1) is 13.5. The van der Waals surface area contributed by atoms with Crippen molar-refractivity contribution in [2.75, 3.05) is 26.7 Å². The first-order chi connectivity index (χ1) is 7.50. The molecule has 1 amide bonds. The van der Waals surface area contributed by atoms with Crippen molar-refractivity contribution in [3.05, 3.63) is 0 Å². The predicted molar refractivity (Wildman–Crippen MR) is 64.4 cm³/mol. The van der Waals surface area contributed by atoms with E-state index in [1.54, 1.807) is 7.11 Å². The molecule has 1 rings (SSSR count). The van der Waals surface area contributed by atoms with Gasteiger partial charge in [0.05, 0.1) is 11.6 Å². The molecular formula is C12H24N2O2. The SMILES string of the molecule is CCC1NCCN(CCC(C)(C)OC)C1=O. The number of carbonyl (C=O) groups excluding carboxylic acids is 1. The third-order valence-electron chi connectivity index (χ3n) is 3.33. The van der Waals surface area contributed by atoms with E-state index in [1.807, 2.05) is 11.8 Å². The molecule has 16 heavy (non-hydrogen) atoms. The Bertz CT molecular complexity index is 241. The summed E-state index contributed by atoms with van der Waals surface area (Å²) >= 11 is 0. The Morgan fingerprint density at radius 2 is 2.25 bits per heavy atom. The van der Waals surface area contributed by atoms with Crippen molar-refractivity contribution < 1.29 is 9.53 Å². The van der Waals surface area contributed by atoms with Gasteiger partial charge in [0.2, 0.25) is 5.91 Å². The zero-order chi connectivity index (χ0) is 12.2. The molecule has 1 saturated heterocycles. The molecule has 0 spiro atoms. The average Bonchev–Trinajstić information content (AvgIpc) is 2.28. The Hall–Kier alpha value is -0.610. The lowest BCUT2D eigenvalue weighted by molar-refractivity contribution is -0.136. The van der Waals surface area contributed by atoms with Gasteiger partial charge in [0.25, 0.3) is 0 Å². The quantitative estimate of drug-likeness (QED) is 0.763. The number of hydrogen-bond acceptors (Lipinski definition) is 3. The van der Waals surface area contributed by atoms with Gasteiger partial charge >= 0.3 is 0 Å². The highest BCUT2D eigenvalue weighted by molar-refractivity contribution is 5.82. The second-order valence-corrected chi connectivity index (χ2v) is 4.95. The van der Waals surface area contributed by atoms with Crippen LogP contribution in [0.25, 0.3) is 0 Å². The summed E-state index contributed by atoms with van der Waals surface area (Å²) in [6.07, 6.45) is 1.74. The van der Waals surface area contributed by atoms with Crippen molar-refractivity contribution in [1.29, 1.82) is 0 Å². The maximum Gasteiger partial charge on any atom is 0.239 e. The van der Waals surface area contributed by atoms with E-state index in [1.165, 1.54) is 0 Å². The molecule has 0 aliphatic carbocycles. The summed E-state index contributed by atoms with van der Waals surface area (Å²) in [4.78, 5) is 13.9. The van der Waals surface area contributed by atoms with E-state index < -0.39 is 0 Å². The van der Waals surface area contributed by atoms with Gasteiger partial charge in [-0.15, -0.1) is 0 Å². The summed E-state index contributed by atoms with van der Waals surface area (Å²) < 4.78 is 5.36. The number of nitrogens with one attached hydrogen (secondary N) is 1. The summed E-state index contributed by atoms with van der Waals surface area (Å²) in [7, 11) is 1.72. The van der Waals surface area contributed by atoms with Crippen molar-refractivity contribution in [3.8, 4) is 0 Å². The van der Waals surface area contributed by atoms with E-state index in [0.717, 1.165) is 32.5 Å². The van der Waals surface area contributed by atoms with Crippen molar-refractivity contribution in [2.45, 2.75) is 45.3 Å². The third kappa shape index (κ3) is 3.46. The van der Waals surface area contributed by atoms with Crippen LogP contribution in [0, 0.1) is 0 Å². The van der Waals surface area contributed by atoms with Crippen LogP contribution in [0.5, 0.6) is 0 Å². The molecule has 1 fully saturated rings. The van der Waals surface area contributed by atoms with E-state index >= 15 is 0 Å². The molecule has 1 atom stereocenters. The van der Waals surface area contributed by atoms with E-state index in [0.29, 0.717) is 0 Å². The number of amides is 1. The highest BCUT2D eigenvalue weighted by atomic mass is 16.5. The molecule has 0 aromatic heterocycles. The van der Waals surface area contributed by atoms with Crippen LogP contribution in [-0.2, 0) is 9.53 Å². The minimum absolute atomic E-state index is 0.0133. The van der Waals surface area contributed by atoms with Crippen LogP contribution in [0.2, 0.25) is 0 Å². The molecule has 1 unspecified atom stereocenters. The molecule has 1 N–H and O–H groups in total. The van der Waals surface area contributed by atoms with E-state index in [2.05, 4.69) is 19.2 Å². The van der Waals surface area contributed by atoms with Crippen LogP contribution in [0.3, 0.4) is 0 Å². The maximum absolute atomic E-state index is 12.0. The highest BCUT2D eigenvalue weighted by Crippen LogP contribution is 2.15. The molecule has 4 nitrogen and oxygen atoms in total. The molecule has 0 bridgehead atoms. The minimum Gasteiger partial charge on any atom is -0.379 e. The number of ether oxygens (including phenoxy) is 1. The Labute approximate surface area is 98.3 Å². The predicted octanol–water partition coefficient (Wildman–Crippen LogP) is 1.01. The number of nitrogens with zero attached hydrogens (tertiary/aromatic N) is 1. The molecule has 0 aromatic rings. The zero-order valence-electron chi connectivity index (χ0n) is 10.9. The monoisotopic (exact) mass is 228 g/mol. The van der Waals surface area contributed by atoms with Gasteiger partial charge in [0.1, 0.15) is 0 Å². The van der Waals surface area contributed by atoms with Crippen LogP contribution in [0.15, 0.2) is 0 Å². The maximum atomic E-state index is 12.0. The first-order valence-corrected chi connectivity index (χ1v) is 6.07. The summed E-state index contributed by atoms with van der Waals surface area (Å²) in [5.74, 6) is 0.237. The Balaban J connectivity index is 2.45. The van der Waals surface area contributed by atoms with Gasteiger partial charge in [-0.05, 0) is 26.7 Å². The van der Waals surface area contributed by atoms with Crippen molar-refractivity contribution >= 4 is 5.91 Å². The standard InChI is InChI=1S/C12H24N2O2/c1-5-10-11(15)14(9-7-13-10)8-6-12(2,3)16-4/h10,13H,5-9H2,1-4H3. The van der Waals surface area contributed by atoms with Crippen molar-refractivity contribution in [1.82, 2.24) is 10.2 Å². The van der Waals surface area contributed by atoms with Crippen LogP contribution in [-0.4, -0.2) is 49.2 Å². The lowest BCUT2D eigenvalue weighted by Gasteiger charge is -2.35. The lowest BCUT2D eigenvalue weighted by Crippen LogP contribution is -2.55. The second-order valence-electron chi connectivity index (χ2n) is 4.95. The number of piperazine rings is 1. The van der Waals surface area contributed by atoms with E-state index in [4.69, 9.17) is 4.74 Å². The number of methoxy groups -OCH3 is 1. The normalized spacial score (nSPS) is 22.6. The Kier molecular flexibility index (Phi) is 4.74. The molecule has 1 aliphatic rings. The van der Waals surface area contributed by atoms with E-state index in [9.17, 15) is 4.79 Å².